The van der Waals surface area contributed by atoms with E-state index in [0.29, 0.717) is 0 Å². The van der Waals surface area contributed by atoms with Crippen LogP contribution in [0.4, 0.5) is 0 Å². The van der Waals surface area contributed by atoms with Crippen LogP contribution in [0.5, 0.6) is 0 Å². The van der Waals surface area contributed by atoms with Crippen molar-refractivity contribution in [1.82, 2.24) is 0 Å². The van der Waals surface area contributed by atoms with Gasteiger partial charge in [-0.15, -0.1) is 0 Å². The maximum absolute atomic E-state index is 2.14. The normalized spacial score (nSPS) is 2.00. The van der Waals surface area contributed by atoms with Crippen LogP contribution in [0.3, 0.4) is 0 Å². The van der Waals surface area contributed by atoms with Gasteiger partial charge in [-0.25, -0.2) is 0 Å². The molecule has 0 atom stereocenters. The molecule has 0 aliphatic heterocycles. The molecule has 0 amide bonds. The van der Waals surface area contributed by atoms with Gasteiger partial charge in [-0.05, 0) is 10.1 Å². The molecule has 0 rings (SSSR count). The summed E-state index contributed by atoms with van der Waals surface area (Å²) in [5.74, 6) is 0. The van der Waals surface area contributed by atoms with Gasteiger partial charge < -0.3 is 0 Å². The first-order valence-electron chi connectivity index (χ1n) is 1.00. The molecule has 0 aromatic heterocycles. The molecule has 0 heterocycles. The third-order valence-electron chi connectivity index (χ3n) is 0. The Labute approximate surface area is 70.2 Å². The van der Waals surface area contributed by atoms with Crippen molar-refractivity contribution in [2.75, 3.05) is 0 Å². The van der Waals surface area contributed by atoms with Gasteiger partial charge in [0.25, 0.3) is 0 Å². The molecular formula is H10BBiPbSi. The van der Waals surface area contributed by atoms with E-state index >= 15 is 0 Å². The van der Waals surface area contributed by atoms with E-state index in [1.54, 1.807) is 0 Å². The average Bonchev–Trinajstić information content (AvgIpc) is 1.00. The van der Waals surface area contributed by atoms with Crippen molar-refractivity contribution in [2.24, 2.45) is 0 Å². The summed E-state index contributed by atoms with van der Waals surface area (Å²) in [5, 5.41) is 0. The molecule has 0 spiro atoms. The summed E-state index contributed by atoms with van der Waals surface area (Å²) in [6.45, 7) is 0. The van der Waals surface area contributed by atoms with E-state index in [0.717, 1.165) is 0 Å². The molecule has 4 heavy (non-hydrogen) atoms. The Balaban J connectivity index is -0.00000000500. The van der Waals surface area contributed by atoms with Crippen molar-refractivity contribution in [3.8, 4) is 0 Å². The molecule has 0 unspecified atom stereocenters. The summed E-state index contributed by atoms with van der Waals surface area (Å²) in [7, 11) is 3.44. The monoisotopic (exact) mass is 466 g/mol. The fraction of sp³-hybridized carbons (Fsp3) is 0. The minimum atomic E-state index is 0. The molecule has 2 radical (unpaired) electrons. The Morgan fingerprint density at radius 1 is 1.25 bits per heavy atom. The Hall–Kier alpha value is 2.09. The van der Waals surface area contributed by atoms with Crippen LogP contribution in [0.15, 0.2) is 0 Å². The van der Waals surface area contributed by atoms with Gasteiger partial charge in [0.2, 0.25) is 0 Å². The predicted octanol–water partition coefficient (Wildman–Crippen LogP) is -4.20. The van der Waals surface area contributed by atoms with Crippen LogP contribution in [0, 0.1) is 0 Å². The van der Waals surface area contributed by atoms with Crippen molar-refractivity contribution in [3.63, 3.8) is 0 Å². The third-order valence-corrected chi connectivity index (χ3v) is 0. The van der Waals surface area contributed by atoms with Crippen molar-refractivity contribution >= 4 is 71.1 Å². The zero-order valence-electron chi connectivity index (χ0n) is 3.41. The molecule has 0 saturated carbocycles. The van der Waals surface area contributed by atoms with Crippen molar-refractivity contribution in [3.05, 3.63) is 0 Å². The molecule has 0 aliphatic rings. The van der Waals surface area contributed by atoms with Crippen molar-refractivity contribution < 1.29 is 0 Å². The maximum atomic E-state index is 2.14. The van der Waals surface area contributed by atoms with Crippen LogP contribution >= 0.6 is 0 Å². The van der Waals surface area contributed by atoms with E-state index in [1.807, 2.05) is 0 Å². The third kappa shape index (κ3) is 8.94. The zero-order chi connectivity index (χ0) is 2.00. The first-order valence-corrected chi connectivity index (χ1v) is 3.00. The fourth-order valence-electron chi connectivity index (χ4n) is 0. The van der Waals surface area contributed by atoms with Gasteiger partial charge in [-0.1, -0.05) is 0 Å². The van der Waals surface area contributed by atoms with Gasteiger partial charge in [0.1, 0.15) is 0 Å². The van der Waals surface area contributed by atoms with Crippen LogP contribution in [0.1, 0.15) is 0 Å². The molecular weight excluding hydrogens is 455 g/mol. The van der Waals surface area contributed by atoms with Crippen LogP contribution in [-0.2, 0) is 0 Å². The number of rotatable bonds is 0. The number of hydrogen-bond acceptors (Lipinski definition) is 0. The Morgan fingerprint density at radius 3 is 1.25 bits per heavy atom. The van der Waals surface area contributed by atoms with Gasteiger partial charge in [0.15, 0.2) is 0 Å². The van der Waals surface area contributed by atoms with Crippen LogP contribution in [0.25, 0.3) is 0 Å². The second kappa shape index (κ2) is 19.5. The van der Waals surface area contributed by atoms with Crippen LogP contribution < -0.4 is 0 Å². The summed E-state index contributed by atoms with van der Waals surface area (Å²) >= 11 is 0. The first-order chi connectivity index (χ1) is 1.00. The Bertz CT molecular complexity index is 8.00. The molecule has 0 bridgehead atoms. The molecule has 0 aliphatic carbocycles. The zero-order valence-corrected chi connectivity index (χ0v) is 16.4. The van der Waals surface area contributed by atoms with E-state index in [-0.39, 0.29) is 53.5 Å². The van der Waals surface area contributed by atoms with Gasteiger partial charge in [-0.3, -0.25) is 0 Å². The summed E-state index contributed by atoms with van der Waals surface area (Å²) in [5.41, 5.74) is 0. The van der Waals surface area contributed by atoms with Crippen molar-refractivity contribution in [1.29, 1.82) is 0 Å². The van der Waals surface area contributed by atoms with Gasteiger partial charge >= 0.3 is 53.5 Å². The second-order valence-electron chi connectivity index (χ2n) is 0. The van der Waals surface area contributed by atoms with Gasteiger partial charge in [-0.2, -0.15) is 0 Å². The predicted molar refractivity (Wildman–Crippen MR) is 37.0 cm³/mol. The molecule has 4 heteroatoms. The molecule has 0 saturated heterocycles. The molecule has 26 valence electrons. The van der Waals surface area contributed by atoms with Gasteiger partial charge in [0, 0.05) is 0 Å². The Morgan fingerprint density at radius 2 is 1.25 bits per heavy atom. The second-order valence-corrected chi connectivity index (χ2v) is 0. The Kier molecular flexibility index (Phi) is 80.6. The topological polar surface area (TPSA) is 0 Å². The van der Waals surface area contributed by atoms with Gasteiger partial charge in [0.05, 0.1) is 7.44 Å². The van der Waals surface area contributed by atoms with E-state index in [9.17, 15) is 0 Å². The molecule has 0 aromatic rings. The summed E-state index contributed by atoms with van der Waals surface area (Å²) in [6.07, 6.45) is 0. The number of hydrogen-bond donors (Lipinski definition) is 0. The van der Waals surface area contributed by atoms with Crippen molar-refractivity contribution in [2.45, 2.75) is 0 Å². The molecule has 0 nitrogen and oxygen atoms in total. The first kappa shape index (κ1) is 16.5. The quantitative estimate of drug-likeness (QED) is 0.319. The minimum absolute atomic E-state index is 0. The summed E-state index contributed by atoms with van der Waals surface area (Å²) in [6, 6.07) is 0. The van der Waals surface area contributed by atoms with E-state index in [2.05, 4.69) is 7.44 Å². The molecule has 0 N–H and O–H groups in total. The van der Waals surface area contributed by atoms with E-state index < -0.39 is 0 Å². The van der Waals surface area contributed by atoms with E-state index in [1.165, 1.54) is 10.1 Å². The van der Waals surface area contributed by atoms with Crippen LogP contribution in [0.2, 0.25) is 0 Å². The summed E-state index contributed by atoms with van der Waals surface area (Å²) < 4.78 is 0. The standard InChI is InChI=1S/BH5Si.Bi.Pb.5H/c1-2;;;;;;;/h1H2,2H3;;;;;;;. The van der Waals surface area contributed by atoms with Crippen LogP contribution in [-0.4, -0.2) is 71.1 Å². The molecule has 0 fully saturated rings. The van der Waals surface area contributed by atoms with E-state index in [4.69, 9.17) is 0 Å². The fourth-order valence-corrected chi connectivity index (χ4v) is 0. The average molecular weight is 465 g/mol. The molecule has 0 aromatic carbocycles. The summed E-state index contributed by atoms with van der Waals surface area (Å²) in [4.78, 5) is 0. The SMILES string of the molecule is B[SiH3].[BiH3].[PbH2].